The first-order chi connectivity index (χ1) is 8.08. The molecule has 6 heteroatoms. The minimum absolute atomic E-state index is 0.0718. The minimum atomic E-state index is -0.920. The lowest BCUT2D eigenvalue weighted by atomic mass is 10.1. The van der Waals surface area contributed by atoms with Crippen LogP contribution < -0.4 is 11.1 Å². The molecule has 0 radical (unpaired) electrons. The van der Waals surface area contributed by atoms with E-state index in [0.29, 0.717) is 5.56 Å². The number of aromatic hydroxyl groups is 1. The van der Waals surface area contributed by atoms with Crippen molar-refractivity contribution in [1.82, 2.24) is 5.32 Å². The number of ether oxygens (including phenoxy) is 1. The molecule has 1 aromatic carbocycles. The third kappa shape index (κ3) is 3.46. The molecule has 17 heavy (non-hydrogen) atoms. The van der Waals surface area contributed by atoms with Crippen LogP contribution >= 0.6 is 0 Å². The number of nitrogens with one attached hydrogen (secondary N) is 1. The molecule has 1 amide bonds. The second-order valence-corrected chi connectivity index (χ2v) is 3.32. The second kappa shape index (κ2) is 5.86. The van der Waals surface area contributed by atoms with Gasteiger partial charge in [-0.3, -0.25) is 4.79 Å². The summed E-state index contributed by atoms with van der Waals surface area (Å²) in [5, 5.41) is 11.6. The normalized spacial score (nSPS) is 11.6. The maximum atomic E-state index is 11.5. The Morgan fingerprint density at radius 2 is 2.00 bits per heavy atom. The van der Waals surface area contributed by atoms with Crippen molar-refractivity contribution >= 4 is 11.9 Å². The number of hydrogen-bond acceptors (Lipinski definition) is 5. The van der Waals surface area contributed by atoms with Gasteiger partial charge in [-0.25, -0.2) is 4.79 Å². The lowest BCUT2D eigenvalue weighted by Gasteiger charge is -2.16. The fourth-order valence-electron chi connectivity index (χ4n) is 1.28. The highest BCUT2D eigenvalue weighted by Crippen LogP contribution is 2.17. The Bertz CT molecular complexity index is 402. The Hall–Kier alpha value is -2.08. The van der Waals surface area contributed by atoms with E-state index >= 15 is 0 Å². The standard InChI is InChI=1S/C11H14N2O4/c1-17-11(16)10(13-9(15)6-12)7-2-4-8(14)5-3-7/h2-5,10,14H,6,12H2,1H3,(H,13,15)/t10-/m1/s1. The van der Waals surface area contributed by atoms with E-state index in [9.17, 15) is 9.59 Å². The quantitative estimate of drug-likeness (QED) is 0.624. The van der Waals surface area contributed by atoms with Gasteiger partial charge in [0.05, 0.1) is 13.7 Å². The van der Waals surface area contributed by atoms with E-state index in [4.69, 9.17) is 10.8 Å². The van der Waals surface area contributed by atoms with Crippen molar-refractivity contribution in [2.24, 2.45) is 5.73 Å². The second-order valence-electron chi connectivity index (χ2n) is 3.32. The fourth-order valence-corrected chi connectivity index (χ4v) is 1.28. The van der Waals surface area contributed by atoms with Crippen molar-refractivity contribution < 1.29 is 19.4 Å². The molecule has 0 saturated carbocycles. The van der Waals surface area contributed by atoms with Crippen molar-refractivity contribution in [1.29, 1.82) is 0 Å². The van der Waals surface area contributed by atoms with Gasteiger partial charge in [0.1, 0.15) is 5.75 Å². The van der Waals surface area contributed by atoms with Gasteiger partial charge >= 0.3 is 5.97 Å². The SMILES string of the molecule is COC(=O)[C@H](NC(=O)CN)c1ccc(O)cc1. The highest BCUT2D eigenvalue weighted by atomic mass is 16.5. The Labute approximate surface area is 98.4 Å². The smallest absolute Gasteiger partial charge is 0.333 e. The number of phenols is 1. The zero-order chi connectivity index (χ0) is 12.8. The third-order valence-electron chi connectivity index (χ3n) is 2.15. The van der Waals surface area contributed by atoms with Crippen LogP contribution in [0, 0.1) is 0 Å². The summed E-state index contributed by atoms with van der Waals surface area (Å²) in [6.07, 6.45) is 0. The molecule has 1 aromatic rings. The number of rotatable bonds is 4. The molecule has 1 rings (SSSR count). The Morgan fingerprint density at radius 3 is 2.47 bits per heavy atom. The van der Waals surface area contributed by atoms with E-state index in [0.717, 1.165) is 0 Å². The van der Waals surface area contributed by atoms with Crippen LogP contribution in [-0.2, 0) is 14.3 Å². The molecule has 0 aliphatic heterocycles. The van der Waals surface area contributed by atoms with Gasteiger partial charge in [-0.15, -0.1) is 0 Å². The molecule has 0 fully saturated rings. The first kappa shape index (κ1) is 13.0. The summed E-state index contributed by atoms with van der Waals surface area (Å²) < 4.78 is 4.59. The molecule has 0 aromatic heterocycles. The van der Waals surface area contributed by atoms with Gasteiger partial charge < -0.3 is 20.9 Å². The summed E-state index contributed by atoms with van der Waals surface area (Å²) in [7, 11) is 1.23. The van der Waals surface area contributed by atoms with Crippen LogP contribution in [0.5, 0.6) is 5.75 Å². The number of esters is 1. The molecule has 0 aliphatic carbocycles. The molecule has 6 nitrogen and oxygen atoms in total. The van der Waals surface area contributed by atoms with Crippen LogP contribution in [0.15, 0.2) is 24.3 Å². The largest absolute Gasteiger partial charge is 0.508 e. The Balaban J connectivity index is 2.93. The summed E-state index contributed by atoms with van der Waals surface area (Å²) >= 11 is 0. The van der Waals surface area contributed by atoms with E-state index in [2.05, 4.69) is 10.1 Å². The van der Waals surface area contributed by atoms with E-state index in [1.165, 1.54) is 31.4 Å². The topological polar surface area (TPSA) is 102 Å². The van der Waals surface area contributed by atoms with Crippen LogP contribution in [-0.4, -0.2) is 30.6 Å². The number of nitrogens with two attached hydrogens (primary N) is 1. The predicted molar refractivity (Wildman–Crippen MR) is 60.1 cm³/mol. The zero-order valence-electron chi connectivity index (χ0n) is 9.34. The summed E-state index contributed by atoms with van der Waals surface area (Å²) in [5.74, 6) is -0.992. The number of phenolic OH excluding ortho intramolecular Hbond substituents is 1. The molecule has 4 N–H and O–H groups in total. The van der Waals surface area contributed by atoms with Gasteiger partial charge in [0.15, 0.2) is 6.04 Å². The van der Waals surface area contributed by atoms with Crippen molar-refractivity contribution in [2.45, 2.75) is 6.04 Å². The van der Waals surface area contributed by atoms with Crippen LogP contribution in [0.1, 0.15) is 11.6 Å². The van der Waals surface area contributed by atoms with Crippen molar-refractivity contribution in [3.63, 3.8) is 0 Å². The highest BCUT2D eigenvalue weighted by Gasteiger charge is 2.22. The minimum Gasteiger partial charge on any atom is -0.508 e. The average molecular weight is 238 g/mol. The van der Waals surface area contributed by atoms with Crippen molar-refractivity contribution in [3.8, 4) is 5.75 Å². The number of carbonyl (C=O) groups is 2. The van der Waals surface area contributed by atoms with Crippen molar-refractivity contribution in [3.05, 3.63) is 29.8 Å². The first-order valence-corrected chi connectivity index (χ1v) is 4.94. The molecule has 1 atom stereocenters. The lowest BCUT2D eigenvalue weighted by molar-refractivity contribution is -0.145. The summed E-state index contributed by atoms with van der Waals surface area (Å²) in [6, 6.07) is 4.96. The monoisotopic (exact) mass is 238 g/mol. The molecule has 0 bridgehead atoms. The molecule has 0 aliphatic rings. The maximum absolute atomic E-state index is 11.5. The highest BCUT2D eigenvalue weighted by molar-refractivity contribution is 5.86. The average Bonchev–Trinajstić information content (AvgIpc) is 2.36. The molecule has 0 saturated heterocycles. The number of hydrogen-bond donors (Lipinski definition) is 3. The van der Waals surface area contributed by atoms with Crippen LogP contribution in [0.4, 0.5) is 0 Å². The van der Waals surface area contributed by atoms with Gasteiger partial charge in [-0.2, -0.15) is 0 Å². The number of methoxy groups -OCH3 is 1. The van der Waals surface area contributed by atoms with Gasteiger partial charge in [-0.05, 0) is 17.7 Å². The molecular formula is C11H14N2O4. The summed E-state index contributed by atoms with van der Waals surface area (Å²) in [6.45, 7) is -0.217. The first-order valence-electron chi connectivity index (χ1n) is 4.94. The van der Waals surface area contributed by atoms with E-state index in [1.807, 2.05) is 0 Å². The Kier molecular flexibility index (Phi) is 4.47. The third-order valence-corrected chi connectivity index (χ3v) is 2.15. The van der Waals surface area contributed by atoms with Crippen LogP contribution in [0.25, 0.3) is 0 Å². The van der Waals surface area contributed by atoms with Gasteiger partial charge in [-0.1, -0.05) is 12.1 Å². The summed E-state index contributed by atoms with van der Waals surface area (Å²) in [4.78, 5) is 22.7. The molecular weight excluding hydrogens is 224 g/mol. The Morgan fingerprint density at radius 1 is 1.41 bits per heavy atom. The number of carbonyl (C=O) groups excluding carboxylic acids is 2. The number of amides is 1. The lowest BCUT2D eigenvalue weighted by Crippen LogP contribution is -2.38. The molecule has 0 heterocycles. The van der Waals surface area contributed by atoms with E-state index in [1.54, 1.807) is 0 Å². The molecule has 92 valence electrons. The van der Waals surface area contributed by atoms with Crippen LogP contribution in [0.2, 0.25) is 0 Å². The predicted octanol–water partition coefficient (Wildman–Crippen LogP) is -0.319. The number of benzene rings is 1. The molecule has 0 spiro atoms. The van der Waals surface area contributed by atoms with Gasteiger partial charge in [0.2, 0.25) is 5.91 Å². The van der Waals surface area contributed by atoms with Crippen LogP contribution in [0.3, 0.4) is 0 Å². The van der Waals surface area contributed by atoms with Gasteiger partial charge in [0.25, 0.3) is 0 Å². The van der Waals surface area contributed by atoms with Crippen molar-refractivity contribution in [2.75, 3.05) is 13.7 Å². The fraction of sp³-hybridized carbons (Fsp3) is 0.273. The molecule has 0 unspecified atom stereocenters. The summed E-state index contributed by atoms with van der Waals surface area (Å²) in [5.41, 5.74) is 5.67. The van der Waals surface area contributed by atoms with E-state index < -0.39 is 17.9 Å². The zero-order valence-corrected chi connectivity index (χ0v) is 9.34. The van der Waals surface area contributed by atoms with Gasteiger partial charge in [0, 0.05) is 0 Å². The maximum Gasteiger partial charge on any atom is 0.333 e. The van der Waals surface area contributed by atoms with E-state index in [-0.39, 0.29) is 12.3 Å².